The van der Waals surface area contributed by atoms with Gasteiger partial charge in [0.05, 0.1) is 5.56 Å². The summed E-state index contributed by atoms with van der Waals surface area (Å²) in [6, 6.07) is 7.66. The summed E-state index contributed by atoms with van der Waals surface area (Å²) in [5.41, 5.74) is 8.23. The Hall–Kier alpha value is -2.34. The van der Waals surface area contributed by atoms with Crippen LogP contribution in [0.1, 0.15) is 46.1 Å². The van der Waals surface area contributed by atoms with Gasteiger partial charge >= 0.3 is 0 Å². The zero-order valence-electron chi connectivity index (χ0n) is 14.3. The molecule has 2 aromatic rings. The minimum atomic E-state index is -0.481. The molecule has 0 radical (unpaired) electrons. The Balaban J connectivity index is 1.66. The summed E-state index contributed by atoms with van der Waals surface area (Å²) in [6.45, 7) is 1.98. The zero-order valence-corrected chi connectivity index (χ0v) is 15.1. The first-order valence-electron chi connectivity index (χ1n) is 8.54. The second-order valence-corrected chi connectivity index (χ2v) is 7.22. The van der Waals surface area contributed by atoms with Crippen LogP contribution in [0, 0.1) is 0 Å². The number of thiophene rings is 1. The lowest BCUT2D eigenvalue weighted by Crippen LogP contribution is -2.22. The summed E-state index contributed by atoms with van der Waals surface area (Å²) in [7, 11) is 0. The van der Waals surface area contributed by atoms with E-state index in [0.717, 1.165) is 42.5 Å². The first-order chi connectivity index (χ1) is 12.1. The van der Waals surface area contributed by atoms with E-state index in [2.05, 4.69) is 12.2 Å². The van der Waals surface area contributed by atoms with E-state index in [1.807, 2.05) is 24.3 Å². The monoisotopic (exact) mass is 358 g/mol. The van der Waals surface area contributed by atoms with Crippen molar-refractivity contribution in [3.63, 3.8) is 0 Å². The van der Waals surface area contributed by atoms with E-state index < -0.39 is 5.91 Å². The molecule has 1 heterocycles. The van der Waals surface area contributed by atoms with E-state index in [0.29, 0.717) is 16.3 Å². The topological polar surface area (TPSA) is 81.4 Å². The molecule has 5 nitrogen and oxygen atoms in total. The Kier molecular flexibility index (Phi) is 5.38. The molecular formula is C19H22N2O3S. The van der Waals surface area contributed by atoms with Gasteiger partial charge in [0.2, 0.25) is 0 Å². The zero-order chi connectivity index (χ0) is 17.8. The lowest BCUT2D eigenvalue weighted by atomic mass is 9.95. The molecule has 1 aliphatic rings. The number of benzene rings is 1. The second kappa shape index (κ2) is 7.70. The van der Waals surface area contributed by atoms with Crippen molar-refractivity contribution in [2.24, 2.45) is 5.73 Å². The van der Waals surface area contributed by atoms with Gasteiger partial charge in [-0.1, -0.05) is 19.1 Å². The molecule has 0 fully saturated rings. The van der Waals surface area contributed by atoms with Crippen LogP contribution in [0.3, 0.4) is 0 Å². The Morgan fingerprint density at radius 1 is 1.20 bits per heavy atom. The maximum atomic E-state index is 12.2. The molecule has 3 N–H and O–H groups in total. The standard InChI is InChI=1S/C19H22N2O3S/c1-2-12-7-9-13(10-8-12)24-11-16(22)21-19-17(18(20)23)14-5-3-4-6-15(14)25-19/h7-10H,2-6,11H2,1H3,(H2,20,23)(H,21,22). The van der Waals surface area contributed by atoms with Gasteiger partial charge in [0.25, 0.3) is 11.8 Å². The van der Waals surface area contributed by atoms with E-state index >= 15 is 0 Å². The summed E-state index contributed by atoms with van der Waals surface area (Å²) >= 11 is 1.46. The molecule has 0 atom stereocenters. The predicted octanol–water partition coefficient (Wildman–Crippen LogP) is 3.31. The Morgan fingerprint density at radius 2 is 1.92 bits per heavy atom. The summed E-state index contributed by atoms with van der Waals surface area (Å²) < 4.78 is 5.52. The van der Waals surface area contributed by atoms with Crippen LogP contribution in [0.25, 0.3) is 0 Å². The maximum absolute atomic E-state index is 12.2. The number of anilines is 1. The van der Waals surface area contributed by atoms with E-state index in [9.17, 15) is 9.59 Å². The fraction of sp³-hybridized carbons (Fsp3) is 0.368. The van der Waals surface area contributed by atoms with Crippen molar-refractivity contribution in [2.75, 3.05) is 11.9 Å². The molecule has 0 unspecified atom stereocenters. The van der Waals surface area contributed by atoms with E-state index in [1.165, 1.54) is 16.9 Å². The quantitative estimate of drug-likeness (QED) is 0.831. The van der Waals surface area contributed by atoms with Crippen LogP contribution < -0.4 is 15.8 Å². The number of ether oxygens (including phenoxy) is 1. The number of hydrogen-bond acceptors (Lipinski definition) is 4. The molecule has 6 heteroatoms. The molecule has 25 heavy (non-hydrogen) atoms. The molecule has 3 rings (SSSR count). The summed E-state index contributed by atoms with van der Waals surface area (Å²) in [5.74, 6) is -0.126. The van der Waals surface area contributed by atoms with Crippen LogP contribution in [0.2, 0.25) is 0 Å². The Bertz CT molecular complexity index is 781. The summed E-state index contributed by atoms with van der Waals surface area (Å²) in [5, 5.41) is 3.35. The smallest absolute Gasteiger partial charge is 0.262 e. The largest absolute Gasteiger partial charge is 0.484 e. The molecule has 0 spiro atoms. The van der Waals surface area contributed by atoms with Crippen LogP contribution in [-0.2, 0) is 24.1 Å². The van der Waals surface area contributed by atoms with Gasteiger partial charge in [-0.15, -0.1) is 11.3 Å². The Morgan fingerprint density at radius 3 is 2.60 bits per heavy atom. The van der Waals surface area contributed by atoms with Crippen molar-refractivity contribution in [1.29, 1.82) is 0 Å². The van der Waals surface area contributed by atoms with Gasteiger partial charge in [0.1, 0.15) is 10.8 Å². The third-order valence-corrected chi connectivity index (χ3v) is 5.58. The molecule has 132 valence electrons. The van der Waals surface area contributed by atoms with Crippen LogP contribution >= 0.6 is 11.3 Å². The Labute approximate surface area is 151 Å². The molecule has 0 bridgehead atoms. The van der Waals surface area contributed by atoms with Crippen molar-refractivity contribution in [3.8, 4) is 5.75 Å². The van der Waals surface area contributed by atoms with Crippen molar-refractivity contribution in [1.82, 2.24) is 0 Å². The molecule has 2 amide bonds. The van der Waals surface area contributed by atoms with Crippen LogP contribution in [0.5, 0.6) is 5.75 Å². The van der Waals surface area contributed by atoms with Crippen molar-refractivity contribution in [2.45, 2.75) is 39.0 Å². The summed E-state index contributed by atoms with van der Waals surface area (Å²) in [4.78, 5) is 25.2. The predicted molar refractivity (Wildman–Crippen MR) is 99.4 cm³/mol. The third kappa shape index (κ3) is 4.02. The maximum Gasteiger partial charge on any atom is 0.262 e. The highest BCUT2D eigenvalue weighted by atomic mass is 32.1. The number of nitrogens with two attached hydrogens (primary N) is 1. The molecule has 0 saturated heterocycles. The average molecular weight is 358 g/mol. The van der Waals surface area contributed by atoms with Gasteiger partial charge in [0.15, 0.2) is 6.61 Å². The van der Waals surface area contributed by atoms with Gasteiger partial charge < -0.3 is 15.8 Å². The molecule has 0 saturated carbocycles. The molecule has 1 aromatic carbocycles. The number of nitrogens with one attached hydrogen (secondary N) is 1. The number of hydrogen-bond donors (Lipinski definition) is 2. The van der Waals surface area contributed by atoms with Crippen LogP contribution in [0.15, 0.2) is 24.3 Å². The first-order valence-corrected chi connectivity index (χ1v) is 9.36. The normalized spacial score (nSPS) is 13.2. The minimum absolute atomic E-state index is 0.105. The van der Waals surface area contributed by atoms with Gasteiger partial charge in [0, 0.05) is 4.88 Å². The van der Waals surface area contributed by atoms with E-state index in [-0.39, 0.29) is 12.5 Å². The SMILES string of the molecule is CCc1ccc(OCC(=O)Nc2sc3c(c2C(N)=O)CCCC3)cc1. The lowest BCUT2D eigenvalue weighted by Gasteiger charge is -2.11. The van der Waals surface area contributed by atoms with Gasteiger partial charge in [-0.2, -0.15) is 0 Å². The number of primary amides is 1. The highest BCUT2D eigenvalue weighted by Crippen LogP contribution is 2.37. The number of amides is 2. The first kappa shape index (κ1) is 17.5. The van der Waals surface area contributed by atoms with Gasteiger partial charge in [-0.05, 0) is 55.4 Å². The van der Waals surface area contributed by atoms with Crippen molar-refractivity contribution < 1.29 is 14.3 Å². The second-order valence-electron chi connectivity index (χ2n) is 6.11. The molecule has 1 aliphatic carbocycles. The fourth-order valence-corrected chi connectivity index (χ4v) is 4.36. The summed E-state index contributed by atoms with van der Waals surface area (Å²) in [6.07, 6.45) is 4.90. The molecule has 0 aliphatic heterocycles. The average Bonchev–Trinajstić information content (AvgIpc) is 2.98. The number of rotatable bonds is 6. The van der Waals surface area contributed by atoms with Gasteiger partial charge in [-0.25, -0.2) is 0 Å². The lowest BCUT2D eigenvalue weighted by molar-refractivity contribution is -0.118. The third-order valence-electron chi connectivity index (χ3n) is 4.37. The number of fused-ring (bicyclic) bond motifs is 1. The highest BCUT2D eigenvalue weighted by Gasteiger charge is 2.24. The molecular weight excluding hydrogens is 336 g/mol. The fourth-order valence-electron chi connectivity index (χ4n) is 3.05. The number of aryl methyl sites for hydroxylation is 2. The van der Waals surface area contributed by atoms with Crippen LogP contribution in [0.4, 0.5) is 5.00 Å². The van der Waals surface area contributed by atoms with Crippen LogP contribution in [-0.4, -0.2) is 18.4 Å². The van der Waals surface area contributed by atoms with Gasteiger partial charge in [-0.3, -0.25) is 9.59 Å². The molecule has 1 aromatic heterocycles. The number of carbonyl (C=O) groups excluding carboxylic acids is 2. The van der Waals surface area contributed by atoms with Crippen molar-refractivity contribution >= 4 is 28.2 Å². The van der Waals surface area contributed by atoms with E-state index in [4.69, 9.17) is 10.5 Å². The minimum Gasteiger partial charge on any atom is -0.484 e. The van der Waals surface area contributed by atoms with E-state index in [1.54, 1.807) is 0 Å². The number of carbonyl (C=O) groups is 2. The van der Waals surface area contributed by atoms with Crippen molar-refractivity contribution in [3.05, 3.63) is 45.8 Å². The highest BCUT2D eigenvalue weighted by molar-refractivity contribution is 7.17.